The van der Waals surface area contributed by atoms with E-state index in [9.17, 15) is 19.8 Å². The zero-order valence-corrected chi connectivity index (χ0v) is 23.7. The Morgan fingerprint density at radius 1 is 0.517 bits per heavy atom. The average Bonchev–Trinajstić information content (AvgIpc) is 2.66. The molecule has 0 aliphatic carbocycles. The topological polar surface area (TPSA) is 80.3 Å². The summed E-state index contributed by atoms with van der Waals surface area (Å²) >= 11 is 0. The van der Waals surface area contributed by atoms with Crippen LogP contribution in [0.4, 0.5) is 0 Å². The fraction of sp³-hybridized carbons (Fsp3) is 0.917. The fourth-order valence-corrected chi connectivity index (χ4v) is 3.91. The van der Waals surface area contributed by atoms with Gasteiger partial charge in [0, 0.05) is 5.41 Å². The van der Waals surface area contributed by atoms with E-state index in [1.54, 1.807) is 0 Å². The third-order valence-electron chi connectivity index (χ3n) is 5.95. The molecule has 0 aromatic heterocycles. The molecular weight excluding hydrogens is 490 g/mol. The van der Waals surface area contributed by atoms with E-state index < -0.39 is 17.4 Å². The first-order valence-electron chi connectivity index (χ1n) is 11.9. The van der Waals surface area contributed by atoms with Crippen LogP contribution in [0.3, 0.4) is 0 Å². The number of aliphatic carboxylic acids is 2. The Morgan fingerprint density at radius 2 is 0.759 bits per heavy atom. The molecule has 0 amide bonds. The molecule has 0 radical (unpaired) electrons. The van der Waals surface area contributed by atoms with Gasteiger partial charge in [-0.25, -0.2) is 0 Å². The van der Waals surface area contributed by atoms with Gasteiger partial charge in [0.05, 0.1) is 11.9 Å². The molecule has 0 unspecified atom stereocenters. The first-order valence-corrected chi connectivity index (χ1v) is 11.9. The summed E-state index contributed by atoms with van der Waals surface area (Å²) in [5, 5.41) is 23.3. The molecule has 0 aliphatic heterocycles. The van der Waals surface area contributed by atoms with Gasteiger partial charge >= 0.3 is 48.9 Å². The standard InChI is InChI=1S/C24H46O4.Ba/c1-3-5-7-9-11-12-13-15-17-19-21-24(22(25)26,23(27)28)20-18-16-14-10-8-6-4-2;/h3-21H2,1-2H3,(H,25,26)(H,27,28);/q;+2/p-2. The van der Waals surface area contributed by atoms with Crippen LogP contribution >= 0.6 is 0 Å². The molecule has 0 aromatic carbocycles. The summed E-state index contributed by atoms with van der Waals surface area (Å²) in [6.07, 6.45) is 18.9. The van der Waals surface area contributed by atoms with Gasteiger partial charge in [-0.15, -0.1) is 0 Å². The zero-order valence-electron chi connectivity index (χ0n) is 19.3. The maximum Gasteiger partial charge on any atom is 2.00 e. The van der Waals surface area contributed by atoms with Crippen LogP contribution in [0.5, 0.6) is 0 Å². The first kappa shape index (κ1) is 31.7. The summed E-state index contributed by atoms with van der Waals surface area (Å²) in [5.41, 5.74) is -1.80. The van der Waals surface area contributed by atoms with Crippen LogP contribution in [-0.2, 0) is 9.59 Å². The maximum atomic E-state index is 11.6. The van der Waals surface area contributed by atoms with Crippen molar-refractivity contribution < 1.29 is 19.8 Å². The van der Waals surface area contributed by atoms with Gasteiger partial charge in [-0.3, -0.25) is 0 Å². The molecule has 0 spiro atoms. The van der Waals surface area contributed by atoms with Crippen molar-refractivity contribution in [1.29, 1.82) is 0 Å². The van der Waals surface area contributed by atoms with Gasteiger partial charge < -0.3 is 19.8 Å². The van der Waals surface area contributed by atoms with Gasteiger partial charge in [0.1, 0.15) is 0 Å². The molecule has 0 saturated carbocycles. The zero-order chi connectivity index (χ0) is 21.1. The summed E-state index contributed by atoms with van der Waals surface area (Å²) < 4.78 is 0. The minimum Gasteiger partial charge on any atom is -0.549 e. The predicted molar refractivity (Wildman–Crippen MR) is 117 cm³/mol. The van der Waals surface area contributed by atoms with E-state index in [0.29, 0.717) is 12.8 Å². The van der Waals surface area contributed by atoms with Crippen molar-refractivity contribution >= 4 is 60.8 Å². The molecule has 0 saturated heterocycles. The second-order valence-corrected chi connectivity index (χ2v) is 8.46. The van der Waals surface area contributed by atoms with Gasteiger partial charge in [-0.05, 0) is 12.8 Å². The number of rotatable bonds is 21. The molecule has 0 aliphatic rings. The van der Waals surface area contributed by atoms with Crippen LogP contribution in [0.2, 0.25) is 0 Å². The minimum atomic E-state index is -1.80. The second kappa shape index (κ2) is 21.7. The number of carbonyl (C=O) groups excluding carboxylic acids is 2. The largest absolute Gasteiger partial charge is 2.00 e. The van der Waals surface area contributed by atoms with Gasteiger partial charge in [-0.2, -0.15) is 0 Å². The van der Waals surface area contributed by atoms with E-state index in [1.165, 1.54) is 57.8 Å². The van der Waals surface area contributed by atoms with Crippen LogP contribution in [0, 0.1) is 5.41 Å². The molecule has 0 fully saturated rings. The Labute approximate surface area is 220 Å². The Hall–Kier alpha value is 0.511. The van der Waals surface area contributed by atoms with E-state index in [2.05, 4.69) is 13.8 Å². The normalized spacial score (nSPS) is 11.2. The smallest absolute Gasteiger partial charge is 0.549 e. The quantitative estimate of drug-likeness (QED) is 0.123. The maximum absolute atomic E-state index is 11.6. The number of carbonyl (C=O) groups is 2. The Bertz CT molecular complexity index is 384. The Morgan fingerprint density at radius 3 is 1.00 bits per heavy atom. The van der Waals surface area contributed by atoms with Crippen LogP contribution in [0.15, 0.2) is 0 Å². The van der Waals surface area contributed by atoms with E-state index in [1.807, 2.05) is 0 Å². The van der Waals surface area contributed by atoms with E-state index in [4.69, 9.17) is 0 Å². The fourth-order valence-electron chi connectivity index (χ4n) is 3.91. The number of hydrogen-bond acceptors (Lipinski definition) is 4. The number of carboxylic acids is 2. The molecule has 166 valence electrons. The minimum absolute atomic E-state index is 0. The molecular formula is C24H44BaO4. The van der Waals surface area contributed by atoms with Crippen molar-refractivity contribution in [3.63, 3.8) is 0 Å². The van der Waals surface area contributed by atoms with Crippen LogP contribution < -0.4 is 10.2 Å². The van der Waals surface area contributed by atoms with E-state index >= 15 is 0 Å². The second-order valence-electron chi connectivity index (χ2n) is 8.46. The number of hydrogen-bond donors (Lipinski definition) is 0. The van der Waals surface area contributed by atoms with Gasteiger partial charge in [0.15, 0.2) is 0 Å². The molecule has 0 rings (SSSR count). The first-order chi connectivity index (χ1) is 13.5. The van der Waals surface area contributed by atoms with Crippen molar-refractivity contribution in [2.45, 2.75) is 136 Å². The van der Waals surface area contributed by atoms with E-state index in [-0.39, 0.29) is 61.7 Å². The number of carboxylic acid groups (broad SMARTS) is 2. The Balaban J connectivity index is 0. The molecule has 29 heavy (non-hydrogen) atoms. The van der Waals surface area contributed by atoms with E-state index in [0.717, 1.165) is 38.5 Å². The predicted octanol–water partition coefficient (Wildman–Crippen LogP) is 4.54. The van der Waals surface area contributed by atoms with Crippen molar-refractivity contribution in [3.8, 4) is 0 Å². The van der Waals surface area contributed by atoms with Crippen LogP contribution in [-0.4, -0.2) is 60.8 Å². The molecule has 0 bridgehead atoms. The molecule has 4 nitrogen and oxygen atoms in total. The Kier molecular flexibility index (Phi) is 23.8. The molecule has 5 heteroatoms. The van der Waals surface area contributed by atoms with Crippen molar-refractivity contribution in [1.82, 2.24) is 0 Å². The monoisotopic (exact) mass is 534 g/mol. The SMILES string of the molecule is CCCCCCCCCCCCC(CCCCCCCCC)(C(=O)[O-])C(=O)[O-].[Ba+2]. The average molecular weight is 534 g/mol. The number of unbranched alkanes of at least 4 members (excludes halogenated alkanes) is 15. The van der Waals surface area contributed by atoms with Crippen LogP contribution in [0.1, 0.15) is 136 Å². The van der Waals surface area contributed by atoms with Crippen LogP contribution in [0.25, 0.3) is 0 Å². The molecule has 0 aromatic rings. The summed E-state index contributed by atoms with van der Waals surface area (Å²) in [6, 6.07) is 0. The van der Waals surface area contributed by atoms with Gasteiger partial charge in [-0.1, -0.05) is 123 Å². The third kappa shape index (κ3) is 15.9. The summed E-state index contributed by atoms with van der Waals surface area (Å²) in [5.74, 6) is -2.93. The van der Waals surface area contributed by atoms with Crippen molar-refractivity contribution in [2.75, 3.05) is 0 Å². The van der Waals surface area contributed by atoms with Crippen molar-refractivity contribution in [2.24, 2.45) is 5.41 Å². The summed E-state index contributed by atoms with van der Waals surface area (Å²) in [6.45, 7) is 4.38. The van der Waals surface area contributed by atoms with Crippen molar-refractivity contribution in [3.05, 3.63) is 0 Å². The third-order valence-corrected chi connectivity index (χ3v) is 5.95. The van der Waals surface area contributed by atoms with Gasteiger partial charge in [0.25, 0.3) is 0 Å². The summed E-state index contributed by atoms with van der Waals surface area (Å²) in [4.78, 5) is 23.3. The summed E-state index contributed by atoms with van der Waals surface area (Å²) in [7, 11) is 0. The molecule has 0 atom stereocenters. The van der Waals surface area contributed by atoms with Gasteiger partial charge in [0.2, 0.25) is 0 Å². The molecule has 0 heterocycles. The molecule has 0 N–H and O–H groups in total.